The topological polar surface area (TPSA) is 78.9 Å². The standard InChI is InChI=1S/C62H104O6/c1-4-7-10-13-16-19-22-25-28-30-32-34-37-40-43-46-49-52-55-61(64)67-58-59(57-66-60(63)54-51-48-45-42-39-36-33-27-24-21-18-15-12-9-6-3)68-62(65)56-53-50-47-44-41-38-35-31-29-26-23-20-17-14-11-8-5-2/h9,12,15,18,21,24,26,28-30,32,34-35,38,44,47,59H,4-8,10-11,13-14,16-17,19-20,22-23,25,27,31,33,36-37,39-43,45-46,48-58H2,1-3H3/b12-9-,18-15-,24-21-,29-26-,30-28-,34-32-,38-35-,47-44-. The first-order chi connectivity index (χ1) is 33.5. The SMILES string of the molecule is CC\C=C/C=C\C=C/CCCCCCCCCC(=O)OCC(COC(=O)CCCCCCC/C=C\C=C/CCCCCCCCC)OC(=O)CCC/C=C\C/C=C\C/C=C\CCCCCCCC. The van der Waals surface area contributed by atoms with Gasteiger partial charge in [-0.2, -0.15) is 0 Å². The Bertz CT molecular complexity index is 1360. The summed E-state index contributed by atoms with van der Waals surface area (Å²) in [6, 6.07) is 0. The smallest absolute Gasteiger partial charge is 0.306 e. The molecule has 1 unspecified atom stereocenters. The lowest BCUT2D eigenvalue weighted by Crippen LogP contribution is -2.30. The fraction of sp³-hybridized carbons (Fsp3) is 0.694. The zero-order chi connectivity index (χ0) is 49.3. The molecule has 6 heteroatoms. The number of rotatable bonds is 50. The van der Waals surface area contributed by atoms with E-state index in [1.54, 1.807) is 0 Å². The van der Waals surface area contributed by atoms with E-state index in [1.165, 1.54) is 122 Å². The molecular weight excluding hydrogens is 841 g/mol. The summed E-state index contributed by atoms with van der Waals surface area (Å²) < 4.78 is 16.8. The Hall–Kier alpha value is -3.67. The van der Waals surface area contributed by atoms with Crippen LogP contribution in [0.25, 0.3) is 0 Å². The summed E-state index contributed by atoms with van der Waals surface area (Å²) in [6.07, 6.45) is 74.0. The molecule has 0 aromatic carbocycles. The first-order valence-electron chi connectivity index (χ1n) is 28.3. The van der Waals surface area contributed by atoms with Crippen LogP contribution in [-0.2, 0) is 28.6 Å². The van der Waals surface area contributed by atoms with Crippen LogP contribution in [-0.4, -0.2) is 37.2 Å². The van der Waals surface area contributed by atoms with Crippen molar-refractivity contribution in [2.75, 3.05) is 13.2 Å². The highest BCUT2D eigenvalue weighted by Crippen LogP contribution is 2.14. The van der Waals surface area contributed by atoms with Gasteiger partial charge in [0.05, 0.1) is 0 Å². The Morgan fingerprint density at radius 3 is 1.07 bits per heavy atom. The van der Waals surface area contributed by atoms with Crippen LogP contribution in [0.15, 0.2) is 97.2 Å². The molecule has 0 bridgehead atoms. The van der Waals surface area contributed by atoms with Crippen molar-refractivity contribution in [3.8, 4) is 0 Å². The predicted molar refractivity (Wildman–Crippen MR) is 293 cm³/mol. The van der Waals surface area contributed by atoms with E-state index in [0.29, 0.717) is 19.3 Å². The first-order valence-corrected chi connectivity index (χ1v) is 28.3. The van der Waals surface area contributed by atoms with Gasteiger partial charge < -0.3 is 14.2 Å². The van der Waals surface area contributed by atoms with Gasteiger partial charge in [-0.05, 0) is 96.3 Å². The van der Waals surface area contributed by atoms with Gasteiger partial charge in [0.25, 0.3) is 0 Å². The molecule has 0 rings (SSSR count). The monoisotopic (exact) mass is 945 g/mol. The summed E-state index contributed by atoms with van der Waals surface area (Å²) in [5.41, 5.74) is 0. The van der Waals surface area contributed by atoms with E-state index in [2.05, 4.69) is 118 Å². The Labute approximate surface area is 419 Å². The van der Waals surface area contributed by atoms with E-state index in [-0.39, 0.29) is 37.5 Å². The number of esters is 3. The Balaban J connectivity index is 4.51. The third kappa shape index (κ3) is 53.3. The van der Waals surface area contributed by atoms with Crippen molar-refractivity contribution in [2.45, 2.75) is 264 Å². The third-order valence-electron chi connectivity index (χ3n) is 11.9. The second-order valence-electron chi connectivity index (χ2n) is 18.5. The molecule has 0 aliphatic heterocycles. The molecule has 388 valence electrons. The summed E-state index contributed by atoms with van der Waals surface area (Å²) in [5.74, 6) is -0.987. The Morgan fingerprint density at radius 1 is 0.324 bits per heavy atom. The molecule has 0 aromatic rings. The highest BCUT2D eigenvalue weighted by molar-refractivity contribution is 5.71. The van der Waals surface area contributed by atoms with Crippen LogP contribution in [0, 0.1) is 0 Å². The lowest BCUT2D eigenvalue weighted by Gasteiger charge is -2.18. The normalized spacial score (nSPS) is 12.8. The van der Waals surface area contributed by atoms with E-state index >= 15 is 0 Å². The molecule has 0 fully saturated rings. The summed E-state index contributed by atoms with van der Waals surface area (Å²) in [4.78, 5) is 38.1. The van der Waals surface area contributed by atoms with Crippen LogP contribution in [0.2, 0.25) is 0 Å². The average molecular weight is 946 g/mol. The predicted octanol–water partition coefficient (Wildman–Crippen LogP) is 18.9. The molecule has 0 N–H and O–H groups in total. The van der Waals surface area contributed by atoms with E-state index in [9.17, 15) is 14.4 Å². The van der Waals surface area contributed by atoms with Crippen LogP contribution in [0.5, 0.6) is 0 Å². The maximum absolute atomic E-state index is 12.8. The minimum atomic E-state index is -0.817. The van der Waals surface area contributed by atoms with Crippen LogP contribution < -0.4 is 0 Å². The number of allylic oxidation sites excluding steroid dienone is 16. The molecule has 0 saturated carbocycles. The molecule has 0 radical (unpaired) electrons. The molecular formula is C62H104O6. The van der Waals surface area contributed by atoms with Gasteiger partial charge >= 0.3 is 17.9 Å². The lowest BCUT2D eigenvalue weighted by molar-refractivity contribution is -0.167. The van der Waals surface area contributed by atoms with Crippen molar-refractivity contribution < 1.29 is 28.6 Å². The van der Waals surface area contributed by atoms with Crippen LogP contribution in [0.4, 0.5) is 0 Å². The van der Waals surface area contributed by atoms with E-state index in [4.69, 9.17) is 14.2 Å². The third-order valence-corrected chi connectivity index (χ3v) is 11.9. The molecule has 0 saturated heterocycles. The molecule has 0 aliphatic rings. The summed E-state index contributed by atoms with van der Waals surface area (Å²) in [6.45, 7) is 6.44. The zero-order valence-electron chi connectivity index (χ0n) is 44.3. The van der Waals surface area contributed by atoms with E-state index in [0.717, 1.165) is 89.9 Å². The second-order valence-corrected chi connectivity index (χ2v) is 18.5. The first kappa shape index (κ1) is 64.3. The van der Waals surface area contributed by atoms with Crippen LogP contribution in [0.3, 0.4) is 0 Å². The van der Waals surface area contributed by atoms with E-state index < -0.39 is 6.10 Å². The van der Waals surface area contributed by atoms with Gasteiger partial charge in [0, 0.05) is 19.3 Å². The number of ether oxygens (including phenoxy) is 3. The summed E-state index contributed by atoms with van der Waals surface area (Å²) in [7, 11) is 0. The summed E-state index contributed by atoms with van der Waals surface area (Å²) in [5, 5.41) is 0. The van der Waals surface area contributed by atoms with E-state index in [1.807, 2.05) is 0 Å². The highest BCUT2D eigenvalue weighted by atomic mass is 16.6. The Morgan fingerprint density at radius 2 is 0.647 bits per heavy atom. The van der Waals surface area contributed by atoms with Gasteiger partial charge in [0.15, 0.2) is 6.10 Å². The van der Waals surface area contributed by atoms with Crippen molar-refractivity contribution in [1.82, 2.24) is 0 Å². The zero-order valence-corrected chi connectivity index (χ0v) is 44.3. The molecule has 0 spiro atoms. The minimum absolute atomic E-state index is 0.110. The van der Waals surface area contributed by atoms with Gasteiger partial charge in [0.1, 0.15) is 13.2 Å². The van der Waals surface area contributed by atoms with Gasteiger partial charge in [-0.1, -0.05) is 240 Å². The maximum Gasteiger partial charge on any atom is 0.306 e. The fourth-order valence-corrected chi connectivity index (χ4v) is 7.63. The van der Waals surface area contributed by atoms with Gasteiger partial charge in [-0.15, -0.1) is 0 Å². The van der Waals surface area contributed by atoms with Crippen molar-refractivity contribution >= 4 is 17.9 Å². The molecule has 1 atom stereocenters. The van der Waals surface area contributed by atoms with Crippen LogP contribution >= 0.6 is 0 Å². The lowest BCUT2D eigenvalue weighted by atomic mass is 10.1. The summed E-state index contributed by atoms with van der Waals surface area (Å²) >= 11 is 0. The van der Waals surface area contributed by atoms with Crippen molar-refractivity contribution in [2.24, 2.45) is 0 Å². The molecule has 68 heavy (non-hydrogen) atoms. The fourth-order valence-electron chi connectivity index (χ4n) is 7.63. The molecule has 0 aromatic heterocycles. The van der Waals surface area contributed by atoms with Crippen molar-refractivity contribution in [3.05, 3.63) is 97.2 Å². The number of carbonyl (C=O) groups excluding carboxylic acids is 3. The Kier molecular flexibility index (Phi) is 52.9. The molecule has 0 amide bonds. The number of carbonyl (C=O) groups is 3. The number of unbranched alkanes of at least 4 members (excludes halogenated alkanes) is 26. The number of hydrogen-bond donors (Lipinski definition) is 0. The second kappa shape index (κ2) is 55.9. The molecule has 0 aliphatic carbocycles. The van der Waals surface area contributed by atoms with Gasteiger partial charge in [0.2, 0.25) is 0 Å². The van der Waals surface area contributed by atoms with Crippen molar-refractivity contribution in [3.63, 3.8) is 0 Å². The van der Waals surface area contributed by atoms with Gasteiger partial charge in [-0.3, -0.25) is 14.4 Å². The maximum atomic E-state index is 12.8. The number of hydrogen-bond acceptors (Lipinski definition) is 6. The average Bonchev–Trinajstić information content (AvgIpc) is 3.34. The molecule has 6 nitrogen and oxygen atoms in total. The van der Waals surface area contributed by atoms with Gasteiger partial charge in [-0.25, -0.2) is 0 Å². The quantitative estimate of drug-likeness (QED) is 0.0199. The van der Waals surface area contributed by atoms with Crippen LogP contribution in [0.1, 0.15) is 258 Å². The van der Waals surface area contributed by atoms with Crippen molar-refractivity contribution in [1.29, 1.82) is 0 Å². The largest absolute Gasteiger partial charge is 0.462 e. The highest BCUT2D eigenvalue weighted by Gasteiger charge is 2.19. The minimum Gasteiger partial charge on any atom is -0.462 e. The molecule has 0 heterocycles.